The molecule has 4 aromatic rings. The summed E-state index contributed by atoms with van der Waals surface area (Å²) in [5.74, 6) is 1.47. The van der Waals surface area contributed by atoms with Crippen LogP contribution in [0, 0.1) is 0 Å². The molecule has 4 heterocycles. The summed E-state index contributed by atoms with van der Waals surface area (Å²) in [7, 11) is 0. The first-order chi connectivity index (χ1) is 16.0. The Morgan fingerprint density at radius 1 is 1.15 bits per heavy atom. The number of aryl methyl sites for hydroxylation is 1. The Hall–Kier alpha value is -3.87. The number of carbonyl (C=O) groups excluding carboxylic acids is 1. The molecule has 0 spiro atoms. The monoisotopic (exact) mass is 439 g/mol. The van der Waals surface area contributed by atoms with E-state index in [4.69, 9.17) is 9.52 Å². The summed E-state index contributed by atoms with van der Waals surface area (Å²) in [6.07, 6.45) is 5.25. The molecule has 1 aromatic carbocycles. The number of Topliss-reactive ketones (excluding diaryl/α,β-unsaturated/α-hetero) is 1. The highest BCUT2D eigenvalue weighted by molar-refractivity contribution is 6.42. The highest BCUT2D eigenvalue weighted by Gasteiger charge is 2.22. The van der Waals surface area contributed by atoms with Crippen molar-refractivity contribution in [1.29, 1.82) is 0 Å². The van der Waals surface area contributed by atoms with Gasteiger partial charge in [-0.3, -0.25) is 9.78 Å². The smallest absolute Gasteiger partial charge is 0.274 e. The van der Waals surface area contributed by atoms with Gasteiger partial charge in [-0.25, -0.2) is 4.99 Å². The number of aliphatic imine (C=N–C) groups is 1. The van der Waals surface area contributed by atoms with Crippen LogP contribution in [0.2, 0.25) is 0 Å². The van der Waals surface area contributed by atoms with Gasteiger partial charge in [0.2, 0.25) is 0 Å². The molecule has 5 rings (SSSR count). The first kappa shape index (κ1) is 21.0. The normalized spacial score (nSPS) is 13.9. The predicted octanol–water partition coefficient (Wildman–Crippen LogP) is 5.51. The van der Waals surface area contributed by atoms with Crippen LogP contribution < -0.4 is 0 Å². The summed E-state index contributed by atoms with van der Waals surface area (Å²) >= 11 is 0. The van der Waals surface area contributed by atoms with Crippen molar-refractivity contribution in [3.8, 4) is 11.6 Å². The zero-order valence-corrected chi connectivity index (χ0v) is 18.9. The molecule has 1 aliphatic rings. The van der Waals surface area contributed by atoms with Gasteiger partial charge in [0, 0.05) is 47.6 Å². The number of aromatic nitrogens is 4. The minimum absolute atomic E-state index is 0.100. The van der Waals surface area contributed by atoms with Crippen LogP contribution in [-0.2, 0) is 11.2 Å². The van der Waals surface area contributed by atoms with Crippen molar-refractivity contribution in [2.45, 2.75) is 46.0 Å². The molecule has 0 saturated heterocycles. The highest BCUT2D eigenvalue weighted by Crippen LogP contribution is 2.32. The van der Waals surface area contributed by atoms with E-state index in [9.17, 15) is 4.79 Å². The third-order valence-electron chi connectivity index (χ3n) is 5.88. The van der Waals surface area contributed by atoms with Crippen molar-refractivity contribution in [3.05, 3.63) is 71.3 Å². The van der Waals surface area contributed by atoms with Crippen LogP contribution >= 0.6 is 0 Å². The van der Waals surface area contributed by atoms with Crippen molar-refractivity contribution in [2.75, 3.05) is 0 Å². The number of nitrogens with zero attached hydrogens (tertiary/aromatic N) is 4. The van der Waals surface area contributed by atoms with E-state index in [1.54, 1.807) is 12.4 Å². The van der Waals surface area contributed by atoms with Gasteiger partial charge in [-0.15, -0.1) is 0 Å². The number of H-pyrrole nitrogens is 1. The van der Waals surface area contributed by atoms with Crippen LogP contribution in [0.1, 0.15) is 56.5 Å². The van der Waals surface area contributed by atoms with Crippen molar-refractivity contribution in [2.24, 2.45) is 4.99 Å². The molecule has 7 heteroatoms. The van der Waals surface area contributed by atoms with Crippen molar-refractivity contribution < 1.29 is 9.32 Å². The van der Waals surface area contributed by atoms with E-state index in [1.165, 1.54) is 0 Å². The highest BCUT2D eigenvalue weighted by atomic mass is 16.5. The number of allylic oxidation sites excluding steroid dienone is 1. The number of fused-ring (bicyclic) bond motifs is 1. The van der Waals surface area contributed by atoms with Crippen molar-refractivity contribution in [1.82, 2.24) is 20.1 Å². The summed E-state index contributed by atoms with van der Waals surface area (Å²) in [6.45, 7) is 6.10. The Labute approximate surface area is 191 Å². The van der Waals surface area contributed by atoms with Gasteiger partial charge in [0.25, 0.3) is 5.89 Å². The maximum Gasteiger partial charge on any atom is 0.274 e. The number of pyridine rings is 1. The lowest BCUT2D eigenvalue weighted by Crippen LogP contribution is -2.12. The van der Waals surface area contributed by atoms with E-state index in [0.717, 1.165) is 39.0 Å². The number of hydrogen-bond donors (Lipinski definition) is 1. The van der Waals surface area contributed by atoms with Crippen LogP contribution in [0.3, 0.4) is 0 Å². The fourth-order valence-corrected chi connectivity index (χ4v) is 4.00. The van der Waals surface area contributed by atoms with E-state index in [-0.39, 0.29) is 11.7 Å². The van der Waals surface area contributed by atoms with E-state index in [2.05, 4.69) is 26.2 Å². The Morgan fingerprint density at radius 3 is 2.73 bits per heavy atom. The molecule has 0 bridgehead atoms. The molecular formula is C26H25N5O2. The molecule has 0 unspecified atom stereocenters. The second-order valence-corrected chi connectivity index (χ2v) is 8.74. The topological polar surface area (TPSA) is 97.0 Å². The van der Waals surface area contributed by atoms with Gasteiger partial charge in [0.05, 0.1) is 11.4 Å². The zero-order valence-electron chi connectivity index (χ0n) is 18.9. The second kappa shape index (κ2) is 8.58. The van der Waals surface area contributed by atoms with Gasteiger partial charge in [-0.1, -0.05) is 25.1 Å². The van der Waals surface area contributed by atoms with Crippen LogP contribution in [0.4, 0.5) is 0 Å². The Bertz CT molecular complexity index is 1390. The first-order valence-electron chi connectivity index (χ1n) is 11.1. The molecule has 3 aromatic heterocycles. The lowest BCUT2D eigenvalue weighted by Gasteiger charge is -2.02. The third kappa shape index (κ3) is 4.26. The van der Waals surface area contributed by atoms with E-state index >= 15 is 0 Å². The number of benzene rings is 1. The number of rotatable bonds is 7. The maximum atomic E-state index is 12.8. The molecule has 166 valence electrons. The number of nitrogens with one attached hydrogen (secondary N) is 1. The fourth-order valence-electron chi connectivity index (χ4n) is 4.00. The van der Waals surface area contributed by atoms with Gasteiger partial charge in [-0.05, 0) is 54.8 Å². The largest absolute Gasteiger partial charge is 0.351 e. The average molecular weight is 440 g/mol. The average Bonchev–Trinajstić information content (AvgIpc) is 3.55. The number of hydrogen-bond acceptors (Lipinski definition) is 6. The van der Waals surface area contributed by atoms with E-state index in [1.807, 2.05) is 51.1 Å². The molecule has 0 amide bonds. The third-order valence-corrected chi connectivity index (χ3v) is 5.88. The van der Waals surface area contributed by atoms with Gasteiger partial charge >= 0.3 is 0 Å². The van der Waals surface area contributed by atoms with Gasteiger partial charge in [0.1, 0.15) is 5.69 Å². The maximum absolute atomic E-state index is 12.8. The molecule has 0 saturated carbocycles. The summed E-state index contributed by atoms with van der Waals surface area (Å²) in [5, 5.41) is 5.07. The van der Waals surface area contributed by atoms with Gasteiger partial charge < -0.3 is 9.51 Å². The SMILES string of the molecule is CC1=C(c2ccc3[nH]c(-c4nc(C(C)C)no4)cc3c2)N=C(C(=O)CCc2ccncc2)C1. The Balaban J connectivity index is 1.36. The van der Waals surface area contributed by atoms with Crippen molar-refractivity contribution >= 4 is 28.1 Å². The number of aromatic amines is 1. The molecule has 0 atom stereocenters. The van der Waals surface area contributed by atoms with Crippen LogP contribution in [0.15, 0.2) is 63.9 Å². The lowest BCUT2D eigenvalue weighted by atomic mass is 10.0. The Morgan fingerprint density at radius 2 is 1.97 bits per heavy atom. The van der Waals surface area contributed by atoms with Crippen LogP contribution in [0.5, 0.6) is 0 Å². The van der Waals surface area contributed by atoms with E-state index in [0.29, 0.717) is 36.7 Å². The van der Waals surface area contributed by atoms with Gasteiger partial charge in [-0.2, -0.15) is 4.98 Å². The van der Waals surface area contributed by atoms with Gasteiger partial charge in [0.15, 0.2) is 11.6 Å². The molecule has 7 nitrogen and oxygen atoms in total. The minimum Gasteiger partial charge on any atom is -0.351 e. The minimum atomic E-state index is 0.100. The Kier molecular flexibility index (Phi) is 5.46. The zero-order chi connectivity index (χ0) is 22.9. The summed E-state index contributed by atoms with van der Waals surface area (Å²) in [6, 6.07) is 12.0. The summed E-state index contributed by atoms with van der Waals surface area (Å²) < 4.78 is 5.42. The molecule has 1 aliphatic heterocycles. The summed E-state index contributed by atoms with van der Waals surface area (Å²) in [4.78, 5) is 29.3. The fraction of sp³-hybridized carbons (Fsp3) is 0.269. The number of ketones is 1. The van der Waals surface area contributed by atoms with Crippen molar-refractivity contribution in [3.63, 3.8) is 0 Å². The molecular weight excluding hydrogens is 414 g/mol. The summed E-state index contributed by atoms with van der Waals surface area (Å²) in [5.41, 5.74) is 6.50. The molecule has 0 radical (unpaired) electrons. The van der Waals surface area contributed by atoms with Crippen LogP contribution in [0.25, 0.3) is 28.2 Å². The second-order valence-electron chi connectivity index (χ2n) is 8.74. The molecule has 0 fully saturated rings. The molecule has 33 heavy (non-hydrogen) atoms. The molecule has 1 N–H and O–H groups in total. The van der Waals surface area contributed by atoms with Crippen LogP contribution in [-0.4, -0.2) is 31.6 Å². The molecule has 0 aliphatic carbocycles. The van der Waals surface area contributed by atoms with E-state index < -0.39 is 0 Å². The predicted molar refractivity (Wildman–Crippen MR) is 128 cm³/mol. The lowest BCUT2D eigenvalue weighted by molar-refractivity contribution is -0.113. The number of carbonyl (C=O) groups is 1. The standard InChI is InChI=1S/C26H25N5O2/c1-15(2)25-30-26(33-31-25)22-14-19-13-18(5-6-20(19)28-22)24-16(3)12-21(29-24)23(32)7-4-17-8-10-27-11-9-17/h5-6,8-11,13-15,28H,4,7,12H2,1-3H3. The first-order valence-corrected chi connectivity index (χ1v) is 11.1. The quantitative estimate of drug-likeness (QED) is 0.409.